The van der Waals surface area contributed by atoms with Crippen LogP contribution in [-0.4, -0.2) is 31.0 Å². The quantitative estimate of drug-likeness (QED) is 0.609. The van der Waals surface area contributed by atoms with E-state index in [4.69, 9.17) is 9.47 Å². The standard InChI is InChI=1S/C21H23N3O4S/c1-12(2)20(26)24-21-23-15-11-14(6-8-18(15)29-21)22-19(25)10-13-5-7-16(27-3)17(9-13)28-4/h5-9,11-12H,10H2,1-4H3,(H,22,25)(H,23,24,26). The third-order valence-corrected chi connectivity index (χ3v) is 5.19. The first-order chi connectivity index (χ1) is 13.9. The number of carbonyl (C=O) groups is 2. The summed E-state index contributed by atoms with van der Waals surface area (Å²) >= 11 is 1.40. The zero-order valence-corrected chi connectivity index (χ0v) is 17.6. The molecule has 0 fully saturated rings. The minimum atomic E-state index is -0.153. The van der Waals surface area contributed by atoms with Gasteiger partial charge in [-0.15, -0.1) is 0 Å². The van der Waals surface area contributed by atoms with Crippen LogP contribution >= 0.6 is 11.3 Å². The molecule has 2 N–H and O–H groups in total. The van der Waals surface area contributed by atoms with Crippen LogP contribution in [0.2, 0.25) is 0 Å². The van der Waals surface area contributed by atoms with Gasteiger partial charge in [-0.1, -0.05) is 31.3 Å². The van der Waals surface area contributed by atoms with Crippen molar-refractivity contribution in [1.82, 2.24) is 4.98 Å². The van der Waals surface area contributed by atoms with Gasteiger partial charge in [-0.25, -0.2) is 4.98 Å². The van der Waals surface area contributed by atoms with Crippen LogP contribution in [0.15, 0.2) is 36.4 Å². The topological polar surface area (TPSA) is 89.6 Å². The van der Waals surface area contributed by atoms with E-state index in [2.05, 4.69) is 15.6 Å². The second-order valence-corrected chi connectivity index (χ2v) is 7.79. The molecule has 2 aromatic carbocycles. The number of aromatic nitrogens is 1. The highest BCUT2D eigenvalue weighted by molar-refractivity contribution is 7.22. The van der Waals surface area contributed by atoms with Gasteiger partial charge in [0.2, 0.25) is 11.8 Å². The van der Waals surface area contributed by atoms with Gasteiger partial charge in [-0.2, -0.15) is 0 Å². The molecule has 7 nitrogen and oxygen atoms in total. The SMILES string of the molecule is COc1ccc(CC(=O)Nc2ccc3sc(NC(=O)C(C)C)nc3c2)cc1OC. The molecule has 0 aliphatic carbocycles. The number of nitrogens with one attached hydrogen (secondary N) is 2. The molecule has 1 aromatic heterocycles. The number of hydrogen-bond donors (Lipinski definition) is 2. The number of carbonyl (C=O) groups excluding carboxylic acids is 2. The zero-order chi connectivity index (χ0) is 21.0. The fraction of sp³-hybridized carbons (Fsp3) is 0.286. The largest absolute Gasteiger partial charge is 0.493 e. The van der Waals surface area contributed by atoms with Crippen molar-refractivity contribution < 1.29 is 19.1 Å². The number of nitrogens with zero attached hydrogens (tertiary/aromatic N) is 1. The van der Waals surface area contributed by atoms with Crippen molar-refractivity contribution in [2.45, 2.75) is 20.3 Å². The summed E-state index contributed by atoms with van der Waals surface area (Å²) in [5.74, 6) is 0.852. The van der Waals surface area contributed by atoms with Gasteiger partial charge in [-0.05, 0) is 35.9 Å². The molecule has 0 aliphatic heterocycles. The predicted molar refractivity (Wildman–Crippen MR) is 115 cm³/mol. The van der Waals surface area contributed by atoms with Gasteiger partial charge >= 0.3 is 0 Å². The van der Waals surface area contributed by atoms with Crippen molar-refractivity contribution in [3.05, 3.63) is 42.0 Å². The fourth-order valence-electron chi connectivity index (χ4n) is 2.69. The molecule has 152 valence electrons. The smallest absolute Gasteiger partial charge is 0.228 e. The maximum atomic E-state index is 12.4. The third-order valence-electron chi connectivity index (χ3n) is 4.24. The number of hydrogen-bond acceptors (Lipinski definition) is 6. The van der Waals surface area contributed by atoms with E-state index in [0.29, 0.717) is 22.3 Å². The minimum absolute atomic E-state index is 0.0764. The Morgan fingerprint density at radius 2 is 1.79 bits per heavy atom. The van der Waals surface area contributed by atoms with Crippen LogP contribution in [0.3, 0.4) is 0 Å². The minimum Gasteiger partial charge on any atom is -0.493 e. The Kier molecular flexibility index (Phi) is 6.33. The molecule has 3 rings (SSSR count). The van der Waals surface area contributed by atoms with E-state index in [9.17, 15) is 9.59 Å². The van der Waals surface area contributed by atoms with Gasteiger partial charge < -0.3 is 20.1 Å². The Morgan fingerprint density at radius 1 is 1.03 bits per heavy atom. The second kappa shape index (κ2) is 8.91. The molecule has 0 aliphatic rings. The number of benzene rings is 2. The van der Waals surface area contributed by atoms with Crippen LogP contribution in [0.1, 0.15) is 19.4 Å². The van der Waals surface area contributed by atoms with Crippen LogP contribution in [0.4, 0.5) is 10.8 Å². The molecule has 0 bridgehead atoms. The fourth-order valence-corrected chi connectivity index (χ4v) is 3.54. The molecule has 0 unspecified atom stereocenters. The van der Waals surface area contributed by atoms with Crippen molar-refractivity contribution in [2.24, 2.45) is 5.92 Å². The lowest BCUT2D eigenvalue weighted by Gasteiger charge is -2.10. The molecule has 8 heteroatoms. The van der Waals surface area contributed by atoms with E-state index in [1.807, 2.05) is 32.0 Å². The third kappa shape index (κ3) is 5.03. The van der Waals surface area contributed by atoms with Crippen LogP contribution in [0, 0.1) is 5.92 Å². The van der Waals surface area contributed by atoms with E-state index in [0.717, 1.165) is 15.8 Å². The predicted octanol–water partition coefficient (Wildman–Crippen LogP) is 4.09. The number of methoxy groups -OCH3 is 2. The Hall–Kier alpha value is -3.13. The number of amides is 2. The molecule has 2 amide bonds. The molecule has 3 aromatic rings. The lowest BCUT2D eigenvalue weighted by molar-refractivity contribution is -0.119. The molecular weight excluding hydrogens is 390 g/mol. The number of thiazole rings is 1. The van der Waals surface area contributed by atoms with Gasteiger partial charge in [0.1, 0.15) is 0 Å². The molecule has 0 atom stereocenters. The van der Waals surface area contributed by atoms with Gasteiger partial charge in [0.15, 0.2) is 16.6 Å². The number of rotatable bonds is 7. The van der Waals surface area contributed by atoms with Crippen molar-refractivity contribution in [2.75, 3.05) is 24.9 Å². The molecule has 0 saturated heterocycles. The average molecular weight is 413 g/mol. The summed E-state index contributed by atoms with van der Waals surface area (Å²) in [5.41, 5.74) is 2.18. The van der Waals surface area contributed by atoms with Gasteiger partial charge in [-0.3, -0.25) is 9.59 Å². The van der Waals surface area contributed by atoms with Crippen LogP contribution in [0.5, 0.6) is 11.5 Å². The first-order valence-electron chi connectivity index (χ1n) is 9.12. The Bertz CT molecular complexity index is 1050. The number of anilines is 2. The van der Waals surface area contributed by atoms with Crippen molar-refractivity contribution in [3.63, 3.8) is 0 Å². The first-order valence-corrected chi connectivity index (χ1v) is 9.93. The van der Waals surface area contributed by atoms with Gasteiger partial charge in [0.05, 0.1) is 30.9 Å². The van der Waals surface area contributed by atoms with Crippen molar-refractivity contribution in [3.8, 4) is 11.5 Å². The van der Waals surface area contributed by atoms with E-state index in [1.165, 1.54) is 11.3 Å². The Labute approximate surface area is 173 Å². The highest BCUT2D eigenvalue weighted by atomic mass is 32.1. The van der Waals surface area contributed by atoms with Crippen LogP contribution in [-0.2, 0) is 16.0 Å². The van der Waals surface area contributed by atoms with E-state index >= 15 is 0 Å². The summed E-state index contributed by atoms with van der Waals surface area (Å²) in [7, 11) is 3.13. The monoisotopic (exact) mass is 413 g/mol. The van der Waals surface area contributed by atoms with Gasteiger partial charge in [0, 0.05) is 11.6 Å². The van der Waals surface area contributed by atoms with E-state index in [1.54, 1.807) is 32.4 Å². The molecule has 29 heavy (non-hydrogen) atoms. The first kappa shape index (κ1) is 20.6. The van der Waals surface area contributed by atoms with Gasteiger partial charge in [0.25, 0.3) is 0 Å². The maximum Gasteiger partial charge on any atom is 0.228 e. The normalized spacial score (nSPS) is 10.8. The summed E-state index contributed by atoms with van der Waals surface area (Å²) < 4.78 is 11.4. The molecule has 0 radical (unpaired) electrons. The summed E-state index contributed by atoms with van der Waals surface area (Å²) in [6.07, 6.45) is 0.200. The molecule has 0 saturated carbocycles. The summed E-state index contributed by atoms with van der Waals surface area (Å²) in [6, 6.07) is 10.9. The molecule has 1 heterocycles. The van der Waals surface area contributed by atoms with Crippen LogP contribution in [0.25, 0.3) is 10.2 Å². The Morgan fingerprint density at radius 3 is 2.48 bits per heavy atom. The van der Waals surface area contributed by atoms with Crippen molar-refractivity contribution >= 4 is 44.2 Å². The lowest BCUT2D eigenvalue weighted by Crippen LogP contribution is -2.17. The van der Waals surface area contributed by atoms with Crippen molar-refractivity contribution in [1.29, 1.82) is 0 Å². The van der Waals surface area contributed by atoms with Crippen LogP contribution < -0.4 is 20.1 Å². The highest BCUT2D eigenvalue weighted by Crippen LogP contribution is 2.29. The van der Waals surface area contributed by atoms with E-state index in [-0.39, 0.29) is 24.2 Å². The summed E-state index contributed by atoms with van der Waals surface area (Å²) in [5, 5.41) is 6.23. The average Bonchev–Trinajstić information content (AvgIpc) is 3.09. The second-order valence-electron chi connectivity index (χ2n) is 6.76. The highest BCUT2D eigenvalue weighted by Gasteiger charge is 2.12. The molecule has 0 spiro atoms. The number of ether oxygens (including phenoxy) is 2. The Balaban J connectivity index is 1.69. The lowest BCUT2D eigenvalue weighted by atomic mass is 10.1. The molecular formula is C21H23N3O4S. The summed E-state index contributed by atoms with van der Waals surface area (Å²) in [4.78, 5) is 28.7. The maximum absolute atomic E-state index is 12.4. The van der Waals surface area contributed by atoms with E-state index < -0.39 is 0 Å². The zero-order valence-electron chi connectivity index (χ0n) is 16.7. The summed E-state index contributed by atoms with van der Waals surface area (Å²) in [6.45, 7) is 3.66. The number of fused-ring (bicyclic) bond motifs is 1.